The van der Waals surface area contributed by atoms with Crippen LogP contribution in [0.15, 0.2) is 0 Å². The highest BCUT2D eigenvalue weighted by atomic mass is 14.3. The van der Waals surface area contributed by atoms with E-state index in [4.69, 9.17) is 5.26 Å². The molecule has 0 aromatic heterocycles. The average Bonchev–Trinajstić information content (AvgIpc) is 1.90. The summed E-state index contributed by atoms with van der Waals surface area (Å²) in [7, 11) is 0. The van der Waals surface area contributed by atoms with Crippen molar-refractivity contribution in [3.63, 3.8) is 0 Å². The minimum atomic E-state index is 0.250. The Balaban J connectivity index is 3.92. The Kier molecular flexibility index (Phi) is 4.11. The Morgan fingerprint density at radius 1 is 1.30 bits per heavy atom. The van der Waals surface area contributed by atoms with Crippen LogP contribution in [0.1, 0.15) is 34.1 Å². The van der Waals surface area contributed by atoms with Crippen molar-refractivity contribution in [3.8, 4) is 6.07 Å². The molecule has 2 atom stereocenters. The van der Waals surface area contributed by atoms with Crippen LogP contribution in [0.25, 0.3) is 0 Å². The van der Waals surface area contributed by atoms with Crippen LogP contribution in [0, 0.1) is 29.1 Å². The molecule has 0 aromatic rings. The summed E-state index contributed by atoms with van der Waals surface area (Å²) in [6.07, 6.45) is 0.982. The molecule has 0 saturated carbocycles. The summed E-state index contributed by atoms with van der Waals surface area (Å²) >= 11 is 0. The van der Waals surface area contributed by atoms with Crippen molar-refractivity contribution in [1.29, 1.82) is 5.26 Å². The van der Waals surface area contributed by atoms with Crippen LogP contribution >= 0.6 is 0 Å². The van der Waals surface area contributed by atoms with Gasteiger partial charge >= 0.3 is 0 Å². The van der Waals surface area contributed by atoms with Gasteiger partial charge in [0, 0.05) is 5.92 Å². The molecule has 0 radical (unpaired) electrons. The van der Waals surface area contributed by atoms with Crippen molar-refractivity contribution in [2.45, 2.75) is 34.1 Å². The SMILES string of the molecule is CCC(C#N)C(C)C(C)C. The highest BCUT2D eigenvalue weighted by Crippen LogP contribution is 2.21. The molecule has 0 aliphatic rings. The van der Waals surface area contributed by atoms with Gasteiger partial charge in [-0.1, -0.05) is 27.7 Å². The first-order chi connectivity index (χ1) is 4.63. The van der Waals surface area contributed by atoms with Crippen LogP contribution in [0.4, 0.5) is 0 Å². The second-order valence-corrected chi connectivity index (χ2v) is 3.25. The molecule has 0 spiro atoms. The van der Waals surface area contributed by atoms with Gasteiger partial charge in [-0.05, 0) is 18.3 Å². The summed E-state index contributed by atoms with van der Waals surface area (Å²) in [6.45, 7) is 8.57. The maximum atomic E-state index is 8.70. The van der Waals surface area contributed by atoms with Crippen LogP contribution in [0.2, 0.25) is 0 Å². The first-order valence-electron chi connectivity index (χ1n) is 4.03. The molecule has 0 amide bonds. The first-order valence-corrected chi connectivity index (χ1v) is 4.03. The molecule has 2 unspecified atom stereocenters. The zero-order valence-corrected chi connectivity index (χ0v) is 7.39. The second-order valence-electron chi connectivity index (χ2n) is 3.25. The fourth-order valence-electron chi connectivity index (χ4n) is 1.05. The van der Waals surface area contributed by atoms with Crippen LogP contribution in [0.3, 0.4) is 0 Å². The average molecular weight is 139 g/mol. The maximum absolute atomic E-state index is 8.70. The normalized spacial score (nSPS) is 16.4. The summed E-state index contributed by atoms with van der Waals surface area (Å²) in [6, 6.07) is 2.33. The molecule has 0 N–H and O–H groups in total. The molecule has 0 rings (SSSR count). The lowest BCUT2D eigenvalue weighted by Crippen LogP contribution is -2.14. The molecular formula is C9H17N. The smallest absolute Gasteiger partial charge is 0.0658 e. The third kappa shape index (κ3) is 2.39. The molecule has 0 heterocycles. The fraction of sp³-hybridized carbons (Fsp3) is 0.889. The number of hydrogen-bond acceptors (Lipinski definition) is 1. The van der Waals surface area contributed by atoms with Gasteiger partial charge in [0.1, 0.15) is 0 Å². The van der Waals surface area contributed by atoms with Gasteiger partial charge in [-0.15, -0.1) is 0 Å². The van der Waals surface area contributed by atoms with E-state index in [-0.39, 0.29) is 5.92 Å². The van der Waals surface area contributed by atoms with Gasteiger partial charge in [0.2, 0.25) is 0 Å². The van der Waals surface area contributed by atoms with E-state index in [1.807, 2.05) is 0 Å². The third-order valence-corrected chi connectivity index (χ3v) is 2.29. The molecule has 0 aliphatic carbocycles. The van der Waals surface area contributed by atoms with Crippen molar-refractivity contribution in [2.24, 2.45) is 17.8 Å². The largest absolute Gasteiger partial charge is 0.198 e. The summed E-state index contributed by atoms with van der Waals surface area (Å²) in [5.41, 5.74) is 0. The molecule has 0 fully saturated rings. The molecule has 10 heavy (non-hydrogen) atoms. The van der Waals surface area contributed by atoms with E-state index in [1.54, 1.807) is 0 Å². The predicted octanol–water partition coefficient (Wildman–Crippen LogP) is 2.83. The van der Waals surface area contributed by atoms with E-state index in [0.717, 1.165) is 6.42 Å². The van der Waals surface area contributed by atoms with E-state index >= 15 is 0 Å². The molecule has 0 aliphatic heterocycles. The number of rotatable bonds is 3. The second kappa shape index (κ2) is 4.33. The lowest BCUT2D eigenvalue weighted by atomic mass is 9.84. The van der Waals surface area contributed by atoms with Crippen LogP contribution in [-0.4, -0.2) is 0 Å². The Hall–Kier alpha value is -0.510. The Morgan fingerprint density at radius 2 is 1.80 bits per heavy atom. The zero-order chi connectivity index (χ0) is 8.15. The molecule has 0 bridgehead atoms. The highest BCUT2D eigenvalue weighted by Gasteiger charge is 2.17. The van der Waals surface area contributed by atoms with E-state index in [0.29, 0.717) is 11.8 Å². The molecule has 1 nitrogen and oxygen atoms in total. The highest BCUT2D eigenvalue weighted by molar-refractivity contribution is 4.86. The van der Waals surface area contributed by atoms with Crippen LogP contribution < -0.4 is 0 Å². The lowest BCUT2D eigenvalue weighted by Gasteiger charge is -2.19. The Bertz CT molecular complexity index is 121. The summed E-state index contributed by atoms with van der Waals surface area (Å²) in [4.78, 5) is 0. The van der Waals surface area contributed by atoms with Gasteiger partial charge in [-0.25, -0.2) is 0 Å². The van der Waals surface area contributed by atoms with Crippen LogP contribution in [-0.2, 0) is 0 Å². The van der Waals surface area contributed by atoms with Gasteiger partial charge in [0.15, 0.2) is 0 Å². The van der Waals surface area contributed by atoms with Crippen molar-refractivity contribution in [3.05, 3.63) is 0 Å². The Labute approximate surface area is 64.1 Å². The molecule has 1 heteroatoms. The first kappa shape index (κ1) is 9.49. The van der Waals surface area contributed by atoms with E-state index in [1.165, 1.54) is 0 Å². The van der Waals surface area contributed by atoms with Crippen molar-refractivity contribution >= 4 is 0 Å². The van der Waals surface area contributed by atoms with E-state index < -0.39 is 0 Å². The molecule has 0 saturated heterocycles. The van der Waals surface area contributed by atoms with Crippen molar-refractivity contribution in [2.75, 3.05) is 0 Å². The van der Waals surface area contributed by atoms with Gasteiger partial charge < -0.3 is 0 Å². The summed E-state index contributed by atoms with van der Waals surface area (Å²) < 4.78 is 0. The summed E-state index contributed by atoms with van der Waals surface area (Å²) in [5.74, 6) is 1.42. The van der Waals surface area contributed by atoms with E-state index in [9.17, 15) is 0 Å². The minimum absolute atomic E-state index is 0.250. The van der Waals surface area contributed by atoms with Crippen molar-refractivity contribution in [1.82, 2.24) is 0 Å². The van der Waals surface area contributed by atoms with Gasteiger partial charge in [-0.3, -0.25) is 0 Å². The minimum Gasteiger partial charge on any atom is -0.198 e. The molecular weight excluding hydrogens is 122 g/mol. The van der Waals surface area contributed by atoms with Crippen LogP contribution in [0.5, 0.6) is 0 Å². The fourth-order valence-corrected chi connectivity index (χ4v) is 1.05. The van der Waals surface area contributed by atoms with Gasteiger partial charge in [0.05, 0.1) is 6.07 Å². The molecule has 58 valence electrons. The number of nitriles is 1. The predicted molar refractivity (Wildman–Crippen MR) is 43.4 cm³/mol. The number of nitrogens with zero attached hydrogens (tertiary/aromatic N) is 1. The number of hydrogen-bond donors (Lipinski definition) is 0. The van der Waals surface area contributed by atoms with E-state index in [2.05, 4.69) is 33.8 Å². The summed E-state index contributed by atoms with van der Waals surface area (Å²) in [5, 5.41) is 8.70. The quantitative estimate of drug-likeness (QED) is 0.589. The topological polar surface area (TPSA) is 23.8 Å². The van der Waals surface area contributed by atoms with Gasteiger partial charge in [-0.2, -0.15) is 5.26 Å². The monoisotopic (exact) mass is 139 g/mol. The third-order valence-electron chi connectivity index (χ3n) is 2.29. The Morgan fingerprint density at radius 3 is 1.90 bits per heavy atom. The molecule has 0 aromatic carbocycles. The maximum Gasteiger partial charge on any atom is 0.0658 e. The standard InChI is InChI=1S/C9H17N/c1-5-9(6-10)8(4)7(2)3/h7-9H,5H2,1-4H3. The van der Waals surface area contributed by atoms with Gasteiger partial charge in [0.25, 0.3) is 0 Å². The zero-order valence-electron chi connectivity index (χ0n) is 7.39. The van der Waals surface area contributed by atoms with Crippen molar-refractivity contribution < 1.29 is 0 Å². The lowest BCUT2D eigenvalue weighted by molar-refractivity contribution is 0.324.